The van der Waals surface area contributed by atoms with Gasteiger partial charge in [-0.3, -0.25) is 0 Å². The average molecular weight is 248 g/mol. The molecule has 0 unspecified atom stereocenters. The minimum atomic E-state index is -1.26. The third-order valence-corrected chi connectivity index (χ3v) is 1.68. The molecule has 2 aliphatic carbocycles. The van der Waals surface area contributed by atoms with Crippen molar-refractivity contribution < 1.29 is 19.8 Å². The summed E-state index contributed by atoms with van der Waals surface area (Å²) in [5.74, 6) is -2.51. The summed E-state index contributed by atoms with van der Waals surface area (Å²) in [6.07, 6.45) is 20.1. The number of hydrogen-bond donors (Lipinski definition) is 2. The Morgan fingerprint density at radius 3 is 1.11 bits per heavy atom. The number of carboxylic acid groups (broad SMARTS) is 2. The molecule has 0 aromatic carbocycles. The van der Waals surface area contributed by atoms with E-state index in [0.29, 0.717) is 12.2 Å². The van der Waals surface area contributed by atoms with E-state index in [1.165, 1.54) is 0 Å². The molecule has 0 aromatic heterocycles. The predicted octanol–water partition coefficient (Wildman–Crippen LogP) is 2.72. The van der Waals surface area contributed by atoms with E-state index >= 15 is 0 Å². The number of hydrogen-bond acceptors (Lipinski definition) is 2. The van der Waals surface area contributed by atoms with Crippen LogP contribution in [-0.4, -0.2) is 22.2 Å². The number of carbonyl (C=O) groups is 2. The highest BCUT2D eigenvalue weighted by molar-refractivity contribution is 5.89. The van der Waals surface area contributed by atoms with E-state index in [1.807, 2.05) is 0 Å². The second kappa shape index (κ2) is 11.1. The molecule has 2 N–H and O–H groups in total. The third kappa shape index (κ3) is 13.6. The first-order valence-electron chi connectivity index (χ1n) is 5.40. The summed E-state index contributed by atoms with van der Waals surface area (Å²) in [7, 11) is 0. The van der Waals surface area contributed by atoms with Crippen LogP contribution < -0.4 is 0 Å². The van der Waals surface area contributed by atoms with Crippen molar-refractivity contribution in [2.75, 3.05) is 0 Å². The number of carboxylic acids is 2. The van der Waals surface area contributed by atoms with Crippen molar-refractivity contribution in [1.29, 1.82) is 0 Å². The van der Waals surface area contributed by atoms with E-state index in [4.69, 9.17) is 10.2 Å². The monoisotopic (exact) mass is 248 g/mol. The predicted molar refractivity (Wildman–Crippen MR) is 70.2 cm³/mol. The Labute approximate surface area is 106 Å². The lowest BCUT2D eigenvalue weighted by Gasteiger charge is -1.74. The van der Waals surface area contributed by atoms with Crippen LogP contribution in [-0.2, 0) is 9.59 Å². The zero-order chi connectivity index (χ0) is 13.6. The standard InChI is InChI=1S/2C5H6.C4H4O4/c2*1-2-4-5-3-1;5-3(6)1-2-4(7)8/h2*1-4H,5H2;1-2H,(H,5,6)(H,7,8). The van der Waals surface area contributed by atoms with Gasteiger partial charge in [0.1, 0.15) is 0 Å². The van der Waals surface area contributed by atoms with E-state index in [-0.39, 0.29) is 0 Å². The minimum absolute atomic E-state index is 0.558. The largest absolute Gasteiger partial charge is 0.478 e. The van der Waals surface area contributed by atoms with Gasteiger partial charge in [-0.05, 0) is 12.8 Å². The summed E-state index contributed by atoms with van der Waals surface area (Å²) >= 11 is 0. The first kappa shape index (κ1) is 15.6. The number of aliphatic carboxylic acids is 2. The highest BCUT2D eigenvalue weighted by Crippen LogP contribution is 1.93. The molecule has 0 aromatic rings. The Morgan fingerprint density at radius 2 is 1.00 bits per heavy atom. The van der Waals surface area contributed by atoms with E-state index in [2.05, 4.69) is 48.6 Å². The van der Waals surface area contributed by atoms with Crippen LogP contribution in [0.2, 0.25) is 0 Å². The van der Waals surface area contributed by atoms with Crippen molar-refractivity contribution in [2.24, 2.45) is 0 Å². The maximum atomic E-state index is 9.55. The molecular formula is C14H16O4. The fourth-order valence-electron chi connectivity index (χ4n) is 0.928. The highest BCUT2D eigenvalue weighted by Gasteiger charge is 1.88. The molecule has 0 saturated heterocycles. The molecule has 96 valence electrons. The molecule has 2 rings (SSSR count). The van der Waals surface area contributed by atoms with Crippen molar-refractivity contribution >= 4 is 11.9 Å². The van der Waals surface area contributed by atoms with Gasteiger partial charge in [0.15, 0.2) is 0 Å². The van der Waals surface area contributed by atoms with E-state index in [1.54, 1.807) is 0 Å². The Balaban J connectivity index is 0.000000250. The van der Waals surface area contributed by atoms with Crippen molar-refractivity contribution in [1.82, 2.24) is 0 Å². The van der Waals surface area contributed by atoms with Crippen molar-refractivity contribution in [2.45, 2.75) is 12.8 Å². The summed E-state index contributed by atoms with van der Waals surface area (Å²) in [4.78, 5) is 19.1. The molecule has 0 atom stereocenters. The molecule has 0 radical (unpaired) electrons. The molecule has 18 heavy (non-hydrogen) atoms. The van der Waals surface area contributed by atoms with Gasteiger partial charge in [0.2, 0.25) is 0 Å². The summed E-state index contributed by atoms with van der Waals surface area (Å²) < 4.78 is 0. The maximum Gasteiger partial charge on any atom is 0.328 e. The molecule has 0 spiro atoms. The summed E-state index contributed by atoms with van der Waals surface area (Å²) in [5, 5.41) is 15.6. The van der Waals surface area contributed by atoms with Gasteiger partial charge < -0.3 is 10.2 Å². The topological polar surface area (TPSA) is 74.6 Å². The Kier molecular flexibility index (Phi) is 9.68. The SMILES string of the molecule is C1=CCC=C1.C1=CCC=C1.O=C(O)C=CC(=O)O. The third-order valence-electron chi connectivity index (χ3n) is 1.68. The lowest BCUT2D eigenvalue weighted by atomic mass is 10.5. The molecule has 0 saturated carbocycles. The van der Waals surface area contributed by atoms with Gasteiger partial charge in [-0.15, -0.1) is 0 Å². The van der Waals surface area contributed by atoms with Crippen molar-refractivity contribution in [3.05, 3.63) is 60.8 Å². The van der Waals surface area contributed by atoms with Crippen LogP contribution in [0, 0.1) is 0 Å². The summed E-state index contributed by atoms with van der Waals surface area (Å²) in [6.45, 7) is 0. The first-order valence-corrected chi connectivity index (χ1v) is 5.40. The molecule has 4 nitrogen and oxygen atoms in total. The van der Waals surface area contributed by atoms with Crippen molar-refractivity contribution in [3.8, 4) is 0 Å². The van der Waals surface area contributed by atoms with Gasteiger partial charge in [0.05, 0.1) is 0 Å². The molecule has 0 bridgehead atoms. The lowest BCUT2D eigenvalue weighted by molar-refractivity contribution is -0.134. The minimum Gasteiger partial charge on any atom is -0.478 e. The second-order valence-electron chi connectivity index (χ2n) is 3.19. The van der Waals surface area contributed by atoms with E-state index in [0.717, 1.165) is 12.8 Å². The quantitative estimate of drug-likeness (QED) is 0.737. The van der Waals surface area contributed by atoms with Crippen LogP contribution in [0.5, 0.6) is 0 Å². The molecule has 0 heterocycles. The zero-order valence-corrected chi connectivity index (χ0v) is 9.90. The second-order valence-corrected chi connectivity index (χ2v) is 3.19. The van der Waals surface area contributed by atoms with Crippen LogP contribution in [0.4, 0.5) is 0 Å². The van der Waals surface area contributed by atoms with Crippen LogP contribution >= 0.6 is 0 Å². The number of rotatable bonds is 2. The summed E-state index contributed by atoms with van der Waals surface area (Å²) in [5.41, 5.74) is 0. The fourth-order valence-corrected chi connectivity index (χ4v) is 0.928. The van der Waals surface area contributed by atoms with Crippen LogP contribution in [0.25, 0.3) is 0 Å². The Morgan fingerprint density at radius 1 is 0.722 bits per heavy atom. The smallest absolute Gasteiger partial charge is 0.328 e. The molecule has 0 fully saturated rings. The first-order chi connectivity index (χ1) is 8.63. The zero-order valence-electron chi connectivity index (χ0n) is 9.90. The molecular weight excluding hydrogens is 232 g/mol. The van der Waals surface area contributed by atoms with Gasteiger partial charge >= 0.3 is 11.9 Å². The van der Waals surface area contributed by atoms with Gasteiger partial charge in [-0.1, -0.05) is 48.6 Å². The molecule has 4 heteroatoms. The maximum absolute atomic E-state index is 9.55. The van der Waals surface area contributed by atoms with Gasteiger partial charge in [-0.2, -0.15) is 0 Å². The van der Waals surface area contributed by atoms with Crippen LogP contribution in [0.3, 0.4) is 0 Å². The average Bonchev–Trinajstić information content (AvgIpc) is 3.03. The Bertz CT molecular complexity index is 340. The van der Waals surface area contributed by atoms with Crippen LogP contribution in [0.15, 0.2) is 60.8 Å². The molecule has 0 amide bonds. The van der Waals surface area contributed by atoms with Gasteiger partial charge in [0, 0.05) is 12.2 Å². The van der Waals surface area contributed by atoms with Crippen LogP contribution in [0.1, 0.15) is 12.8 Å². The van der Waals surface area contributed by atoms with E-state index in [9.17, 15) is 9.59 Å². The highest BCUT2D eigenvalue weighted by atomic mass is 16.4. The van der Waals surface area contributed by atoms with Crippen molar-refractivity contribution in [3.63, 3.8) is 0 Å². The van der Waals surface area contributed by atoms with E-state index < -0.39 is 11.9 Å². The number of allylic oxidation sites excluding steroid dienone is 8. The van der Waals surface area contributed by atoms with Gasteiger partial charge in [0.25, 0.3) is 0 Å². The summed E-state index contributed by atoms with van der Waals surface area (Å²) in [6, 6.07) is 0. The normalized spacial score (nSPS) is 14.0. The molecule has 2 aliphatic rings. The molecule has 0 aliphatic heterocycles. The fraction of sp³-hybridized carbons (Fsp3) is 0.143. The Hall–Kier alpha value is -2.36. The lowest BCUT2D eigenvalue weighted by Crippen LogP contribution is -1.91. The van der Waals surface area contributed by atoms with Gasteiger partial charge in [-0.25, -0.2) is 9.59 Å².